The number of hydrogen-bond donors (Lipinski definition) is 6. The number of carbonyl (C=O) groups is 4. The van der Waals surface area contributed by atoms with Gasteiger partial charge in [-0.3, -0.25) is 19.2 Å². The fraction of sp³-hybridized carbons (Fsp3) is 0.767. The van der Waals surface area contributed by atoms with Crippen molar-refractivity contribution in [3.8, 4) is 0 Å². The first-order valence-corrected chi connectivity index (χ1v) is 17.6. The Hall–Kier alpha value is -2.25. The Bertz CT molecular complexity index is 997. The lowest BCUT2D eigenvalue weighted by atomic mass is 9.84. The summed E-state index contributed by atoms with van der Waals surface area (Å²) in [6, 6.07) is -3.15. The highest BCUT2D eigenvalue weighted by Gasteiger charge is 2.35. The van der Waals surface area contributed by atoms with Crippen molar-refractivity contribution < 1.29 is 24.3 Å². The van der Waals surface area contributed by atoms with Crippen LogP contribution in [0.1, 0.15) is 85.8 Å². The van der Waals surface area contributed by atoms with Crippen LogP contribution in [0.25, 0.3) is 0 Å². The maximum atomic E-state index is 14.0. The van der Waals surface area contributed by atoms with E-state index in [1.807, 2.05) is 0 Å². The van der Waals surface area contributed by atoms with Crippen LogP contribution in [0.2, 0.25) is 0 Å². The van der Waals surface area contributed by atoms with Gasteiger partial charge < -0.3 is 31.4 Å². The Morgan fingerprint density at radius 3 is 2.07 bits per heavy atom. The molecule has 6 N–H and O–H groups in total. The highest BCUT2D eigenvalue weighted by atomic mass is 32.2. The standard InChI is InChI=1S/C30H52N6O5S2/c1-7-42-30(43-8-2)24(15-22-16-31-17-32-22)35-27(39)23(14-21-12-10-9-11-13-21)34-28(40)25(18(3)4)36-29(41)26(19(5)37)33-20(6)38/h16-19,21,23-26,30,37H,7-15H2,1-6H3,(H,31,32)(H,33,38)(H,34,40)(H,35,39)(H,36,41)/t19-,23+,24+,25+,26+/m1/s1. The summed E-state index contributed by atoms with van der Waals surface area (Å²) in [7, 11) is 0. The lowest BCUT2D eigenvalue weighted by Gasteiger charge is -2.32. The highest BCUT2D eigenvalue weighted by molar-refractivity contribution is 8.17. The lowest BCUT2D eigenvalue weighted by Crippen LogP contribution is -2.60. The summed E-state index contributed by atoms with van der Waals surface area (Å²) in [6.07, 6.45) is 8.73. The van der Waals surface area contributed by atoms with Crippen LogP contribution in [0.15, 0.2) is 12.5 Å². The van der Waals surface area contributed by atoms with E-state index in [1.165, 1.54) is 20.3 Å². The van der Waals surface area contributed by atoms with Gasteiger partial charge in [-0.2, -0.15) is 0 Å². The average molecular weight is 641 g/mol. The van der Waals surface area contributed by atoms with E-state index in [9.17, 15) is 24.3 Å². The Balaban J connectivity index is 2.29. The summed E-state index contributed by atoms with van der Waals surface area (Å²) in [5.74, 6) is -0.0468. The molecule has 0 aliphatic heterocycles. The molecule has 1 aliphatic rings. The number of aliphatic hydroxyl groups excluding tert-OH is 1. The number of nitrogens with one attached hydrogen (secondary N) is 5. The van der Waals surface area contributed by atoms with Crippen molar-refractivity contribution in [2.45, 2.75) is 121 Å². The van der Waals surface area contributed by atoms with E-state index in [0.717, 1.165) is 42.9 Å². The van der Waals surface area contributed by atoms with Crippen molar-refractivity contribution in [3.63, 3.8) is 0 Å². The molecule has 0 aromatic carbocycles. The minimum absolute atomic E-state index is 0.113. The highest BCUT2D eigenvalue weighted by Crippen LogP contribution is 2.30. The average Bonchev–Trinajstić information content (AvgIpc) is 3.47. The minimum Gasteiger partial charge on any atom is -0.391 e. The maximum absolute atomic E-state index is 14.0. The third-order valence-electron chi connectivity index (χ3n) is 7.61. The van der Waals surface area contributed by atoms with Gasteiger partial charge in [0.2, 0.25) is 23.6 Å². The Labute approximate surface area is 265 Å². The summed E-state index contributed by atoms with van der Waals surface area (Å²) < 4.78 is 0.113. The van der Waals surface area contributed by atoms with Crippen molar-refractivity contribution in [1.29, 1.82) is 0 Å². The largest absolute Gasteiger partial charge is 0.391 e. The number of amides is 4. The number of carbonyl (C=O) groups excluding carboxylic acids is 4. The summed E-state index contributed by atoms with van der Waals surface area (Å²) in [4.78, 5) is 59.6. The SMILES string of the molecule is CCSC(SCC)[C@H](Cc1cnc[nH]1)NC(=O)[C@H](CC1CCCCC1)NC(=O)[C@@H](NC(=O)[C@@H](NC(C)=O)[C@@H](C)O)C(C)C. The van der Waals surface area contributed by atoms with E-state index in [0.29, 0.717) is 18.8 Å². The molecule has 0 radical (unpaired) electrons. The lowest BCUT2D eigenvalue weighted by molar-refractivity contribution is -0.136. The van der Waals surface area contributed by atoms with Crippen LogP contribution < -0.4 is 21.3 Å². The van der Waals surface area contributed by atoms with Gasteiger partial charge in [-0.25, -0.2) is 4.98 Å². The van der Waals surface area contributed by atoms with Crippen molar-refractivity contribution in [2.24, 2.45) is 11.8 Å². The molecule has 1 aromatic heterocycles. The Morgan fingerprint density at radius 2 is 1.56 bits per heavy atom. The van der Waals surface area contributed by atoms with Crippen LogP contribution in [0.3, 0.4) is 0 Å². The molecule has 43 heavy (non-hydrogen) atoms. The van der Waals surface area contributed by atoms with Gasteiger partial charge >= 0.3 is 0 Å². The minimum atomic E-state index is -1.21. The van der Waals surface area contributed by atoms with Crippen LogP contribution in [0.4, 0.5) is 0 Å². The first-order chi connectivity index (χ1) is 20.5. The third-order valence-corrected chi connectivity index (χ3v) is 10.4. The van der Waals surface area contributed by atoms with Gasteiger partial charge in [0.05, 0.1) is 23.1 Å². The number of thioether (sulfide) groups is 2. The fourth-order valence-corrected chi connectivity index (χ4v) is 8.04. The Morgan fingerprint density at radius 1 is 0.930 bits per heavy atom. The monoisotopic (exact) mass is 640 g/mol. The summed E-state index contributed by atoms with van der Waals surface area (Å²) in [6.45, 7) is 10.5. The molecule has 0 saturated heterocycles. The first kappa shape index (κ1) is 36.9. The molecule has 0 spiro atoms. The number of aromatic nitrogens is 2. The summed E-state index contributed by atoms with van der Waals surface area (Å²) in [5.41, 5.74) is 0.922. The van der Waals surface area contributed by atoms with Gasteiger partial charge in [0.15, 0.2) is 0 Å². The normalized spacial score (nSPS) is 17.5. The molecule has 1 saturated carbocycles. The maximum Gasteiger partial charge on any atom is 0.245 e. The quantitative estimate of drug-likeness (QED) is 0.133. The number of H-pyrrole nitrogens is 1. The van der Waals surface area contributed by atoms with Crippen LogP contribution in [-0.2, 0) is 25.6 Å². The van der Waals surface area contributed by atoms with Crippen molar-refractivity contribution in [2.75, 3.05) is 11.5 Å². The van der Waals surface area contributed by atoms with E-state index in [1.54, 1.807) is 49.9 Å². The van der Waals surface area contributed by atoms with Crippen LogP contribution >= 0.6 is 23.5 Å². The predicted octanol–water partition coefficient (Wildman–Crippen LogP) is 2.75. The van der Waals surface area contributed by atoms with Gasteiger partial charge in [0.25, 0.3) is 0 Å². The zero-order valence-corrected chi connectivity index (χ0v) is 28.1. The van der Waals surface area contributed by atoms with Crippen LogP contribution in [0, 0.1) is 11.8 Å². The first-order valence-electron chi connectivity index (χ1n) is 15.5. The van der Waals surface area contributed by atoms with E-state index in [-0.39, 0.29) is 22.4 Å². The van der Waals surface area contributed by atoms with E-state index in [4.69, 9.17) is 0 Å². The van der Waals surface area contributed by atoms with E-state index >= 15 is 0 Å². The molecular formula is C30H52N6O5S2. The summed E-state index contributed by atoms with van der Waals surface area (Å²) >= 11 is 3.58. The molecule has 1 fully saturated rings. The molecule has 4 amide bonds. The molecule has 5 atom stereocenters. The zero-order valence-electron chi connectivity index (χ0n) is 26.5. The molecule has 1 aromatic rings. The molecule has 0 unspecified atom stereocenters. The van der Waals surface area contributed by atoms with Gasteiger partial charge in [-0.15, -0.1) is 23.5 Å². The smallest absolute Gasteiger partial charge is 0.245 e. The Kier molecular flexibility index (Phi) is 16.5. The van der Waals surface area contributed by atoms with Crippen LogP contribution in [-0.4, -0.2) is 85.1 Å². The van der Waals surface area contributed by atoms with Crippen LogP contribution in [0.5, 0.6) is 0 Å². The topological polar surface area (TPSA) is 165 Å². The number of imidazole rings is 1. The molecule has 1 heterocycles. The number of hydrogen-bond acceptors (Lipinski definition) is 8. The second kappa shape index (κ2) is 19.2. The molecule has 13 heteroatoms. The van der Waals surface area contributed by atoms with Crippen molar-refractivity contribution in [1.82, 2.24) is 31.2 Å². The third kappa shape index (κ3) is 12.7. The second-order valence-corrected chi connectivity index (χ2v) is 14.8. The van der Waals surface area contributed by atoms with Gasteiger partial charge in [0, 0.05) is 25.2 Å². The number of aliphatic hydroxyl groups is 1. The number of rotatable bonds is 18. The summed E-state index contributed by atoms with van der Waals surface area (Å²) in [5, 5.41) is 21.5. The van der Waals surface area contributed by atoms with Crippen molar-refractivity contribution in [3.05, 3.63) is 18.2 Å². The molecule has 244 valence electrons. The van der Waals surface area contributed by atoms with Gasteiger partial charge in [-0.05, 0) is 36.7 Å². The fourth-order valence-electron chi connectivity index (χ4n) is 5.39. The number of nitrogens with zero attached hydrogens (tertiary/aromatic N) is 1. The molecule has 1 aliphatic carbocycles. The predicted molar refractivity (Wildman–Crippen MR) is 173 cm³/mol. The van der Waals surface area contributed by atoms with E-state index in [2.05, 4.69) is 45.1 Å². The van der Waals surface area contributed by atoms with Gasteiger partial charge in [-0.1, -0.05) is 59.8 Å². The van der Waals surface area contributed by atoms with Crippen molar-refractivity contribution >= 4 is 47.2 Å². The molecule has 0 bridgehead atoms. The molecule has 11 nitrogen and oxygen atoms in total. The molecular weight excluding hydrogens is 589 g/mol. The zero-order chi connectivity index (χ0) is 31.9. The van der Waals surface area contributed by atoms with E-state index < -0.39 is 42.0 Å². The number of aromatic amines is 1. The molecule has 2 rings (SSSR count). The second-order valence-electron chi connectivity index (χ2n) is 11.6. The van der Waals surface area contributed by atoms with Gasteiger partial charge in [0.1, 0.15) is 18.1 Å².